The number of ether oxygens (including phenoxy) is 2. The van der Waals surface area contributed by atoms with Gasteiger partial charge in [0.25, 0.3) is 0 Å². The van der Waals surface area contributed by atoms with Gasteiger partial charge in [0.15, 0.2) is 11.7 Å². The van der Waals surface area contributed by atoms with E-state index < -0.39 is 0 Å². The smallest absolute Gasteiger partial charge is 0.325 e. The van der Waals surface area contributed by atoms with Crippen LogP contribution in [-0.2, 0) is 14.3 Å². The number of urea groups is 1. The summed E-state index contributed by atoms with van der Waals surface area (Å²) in [7, 11) is 4.65. The second-order valence-electron chi connectivity index (χ2n) is 6.43. The first-order valence-electron chi connectivity index (χ1n) is 9.21. The van der Waals surface area contributed by atoms with Crippen LogP contribution in [0.5, 0.6) is 0 Å². The fourth-order valence-corrected chi connectivity index (χ4v) is 2.83. The number of carbonyl (C=O) groups is 2. The summed E-state index contributed by atoms with van der Waals surface area (Å²) in [6.07, 6.45) is 9.66. The first-order chi connectivity index (χ1) is 13.3. The molecule has 1 aliphatic rings. The molecule has 1 saturated heterocycles. The number of nitrogens with two attached hydrogens (primary N) is 2. The third kappa shape index (κ3) is 6.77. The van der Waals surface area contributed by atoms with Gasteiger partial charge in [0, 0.05) is 44.8 Å². The lowest BCUT2D eigenvalue weighted by molar-refractivity contribution is -0.120. The van der Waals surface area contributed by atoms with Gasteiger partial charge in [-0.05, 0) is 25.8 Å². The Balaban J connectivity index is 2.65. The average Bonchev–Trinajstić information content (AvgIpc) is 2.73. The number of amides is 2. The van der Waals surface area contributed by atoms with E-state index in [4.69, 9.17) is 20.9 Å². The zero-order valence-corrected chi connectivity index (χ0v) is 17.2. The molecule has 0 atom stereocenters. The maximum absolute atomic E-state index is 12.7. The maximum Gasteiger partial charge on any atom is 0.325 e. The Morgan fingerprint density at radius 1 is 1.18 bits per heavy atom. The van der Waals surface area contributed by atoms with Crippen molar-refractivity contribution < 1.29 is 19.1 Å². The molecule has 0 unspecified atom stereocenters. The molecule has 28 heavy (non-hydrogen) atoms. The number of methoxy groups -OCH3 is 2. The van der Waals surface area contributed by atoms with E-state index in [-0.39, 0.29) is 29.4 Å². The summed E-state index contributed by atoms with van der Waals surface area (Å²) in [5.41, 5.74) is 12.1. The van der Waals surface area contributed by atoms with E-state index in [2.05, 4.69) is 0 Å². The van der Waals surface area contributed by atoms with Gasteiger partial charge in [-0.1, -0.05) is 18.2 Å². The molecule has 8 nitrogen and oxygen atoms in total. The summed E-state index contributed by atoms with van der Waals surface area (Å²) < 4.78 is 9.80. The lowest BCUT2D eigenvalue weighted by Crippen LogP contribution is -2.46. The summed E-state index contributed by atoms with van der Waals surface area (Å²) in [6.45, 7) is 3.31. The van der Waals surface area contributed by atoms with E-state index in [0.717, 1.165) is 0 Å². The minimum Gasteiger partial charge on any atom is -0.483 e. The van der Waals surface area contributed by atoms with Gasteiger partial charge >= 0.3 is 6.03 Å². The molecule has 1 fully saturated rings. The molecule has 8 heteroatoms. The van der Waals surface area contributed by atoms with Gasteiger partial charge in [-0.25, -0.2) is 4.79 Å². The predicted molar refractivity (Wildman–Crippen MR) is 109 cm³/mol. The number of rotatable bonds is 8. The SMILES string of the molecule is C/C=C(\C=C/COC)C(=O)C1CCN(C(=O)N(C)/C(N)=C/C=C(\N)OC)CC1. The van der Waals surface area contributed by atoms with Crippen molar-refractivity contribution in [2.75, 3.05) is 41.0 Å². The zero-order valence-electron chi connectivity index (χ0n) is 17.2. The van der Waals surface area contributed by atoms with Gasteiger partial charge < -0.3 is 25.8 Å². The number of Topliss-reactive ketones (excluding diaryl/α,β-unsaturated/α-hetero) is 1. The minimum atomic E-state index is -0.213. The number of carbonyl (C=O) groups excluding carboxylic acids is 2. The zero-order chi connectivity index (χ0) is 21.1. The van der Waals surface area contributed by atoms with E-state index in [1.807, 2.05) is 19.1 Å². The number of hydrogen-bond acceptors (Lipinski definition) is 6. The fourth-order valence-electron chi connectivity index (χ4n) is 2.83. The average molecular weight is 393 g/mol. The largest absolute Gasteiger partial charge is 0.483 e. The second kappa shape index (κ2) is 11.9. The molecule has 0 spiro atoms. The molecule has 4 N–H and O–H groups in total. The predicted octanol–water partition coefficient (Wildman–Crippen LogP) is 1.71. The van der Waals surface area contributed by atoms with Crippen LogP contribution < -0.4 is 11.5 Å². The van der Waals surface area contributed by atoms with Gasteiger partial charge in [-0.2, -0.15) is 0 Å². The molecule has 2 amide bonds. The highest BCUT2D eigenvalue weighted by Gasteiger charge is 2.29. The topological polar surface area (TPSA) is 111 Å². The number of piperidine rings is 1. The van der Waals surface area contributed by atoms with Crippen LogP contribution in [0.3, 0.4) is 0 Å². The van der Waals surface area contributed by atoms with Crippen molar-refractivity contribution in [3.63, 3.8) is 0 Å². The lowest BCUT2D eigenvalue weighted by Gasteiger charge is -2.34. The van der Waals surface area contributed by atoms with Crippen molar-refractivity contribution >= 4 is 11.8 Å². The minimum absolute atomic E-state index is 0.0925. The normalized spacial score (nSPS) is 17.1. The maximum atomic E-state index is 12.7. The van der Waals surface area contributed by atoms with E-state index in [9.17, 15) is 9.59 Å². The van der Waals surface area contributed by atoms with Gasteiger partial charge in [-0.3, -0.25) is 9.69 Å². The number of hydrogen-bond donors (Lipinski definition) is 2. The molecular weight excluding hydrogens is 360 g/mol. The Morgan fingerprint density at radius 3 is 2.36 bits per heavy atom. The van der Waals surface area contributed by atoms with E-state index in [1.54, 1.807) is 25.1 Å². The Hall–Kier alpha value is -2.74. The number of ketones is 1. The highest BCUT2D eigenvalue weighted by Crippen LogP contribution is 2.23. The van der Waals surface area contributed by atoms with Crippen molar-refractivity contribution in [3.8, 4) is 0 Å². The summed E-state index contributed by atoms with van der Waals surface area (Å²) in [6, 6.07) is -0.213. The highest BCUT2D eigenvalue weighted by atomic mass is 16.5. The van der Waals surface area contributed by atoms with Crippen LogP contribution in [0.4, 0.5) is 4.79 Å². The van der Waals surface area contributed by atoms with Gasteiger partial charge in [0.05, 0.1) is 13.7 Å². The Morgan fingerprint density at radius 2 is 1.82 bits per heavy atom. The summed E-state index contributed by atoms with van der Waals surface area (Å²) in [5, 5.41) is 0. The lowest BCUT2D eigenvalue weighted by atomic mass is 9.88. The van der Waals surface area contributed by atoms with Crippen molar-refractivity contribution in [1.82, 2.24) is 9.80 Å². The Labute approximate surface area is 167 Å². The molecule has 1 rings (SSSR count). The molecular formula is C20H32N4O4. The van der Waals surface area contributed by atoms with Crippen LogP contribution in [0.1, 0.15) is 19.8 Å². The van der Waals surface area contributed by atoms with E-state index >= 15 is 0 Å². The van der Waals surface area contributed by atoms with Crippen LogP contribution in [0, 0.1) is 5.92 Å². The molecule has 1 aliphatic heterocycles. The number of nitrogens with zero attached hydrogens (tertiary/aromatic N) is 2. The molecule has 156 valence electrons. The van der Waals surface area contributed by atoms with Crippen molar-refractivity contribution in [2.24, 2.45) is 17.4 Å². The third-order valence-electron chi connectivity index (χ3n) is 4.62. The summed E-state index contributed by atoms with van der Waals surface area (Å²) >= 11 is 0. The van der Waals surface area contributed by atoms with Gasteiger partial charge in [0.1, 0.15) is 5.82 Å². The number of allylic oxidation sites excluding steroid dienone is 5. The van der Waals surface area contributed by atoms with Crippen LogP contribution in [0.2, 0.25) is 0 Å². The van der Waals surface area contributed by atoms with E-state index in [0.29, 0.717) is 38.1 Å². The molecule has 1 heterocycles. The van der Waals surface area contributed by atoms with E-state index in [1.165, 1.54) is 24.2 Å². The van der Waals surface area contributed by atoms with Crippen molar-refractivity contribution in [3.05, 3.63) is 47.7 Å². The van der Waals surface area contributed by atoms with Crippen molar-refractivity contribution in [1.29, 1.82) is 0 Å². The summed E-state index contributed by atoms with van der Waals surface area (Å²) in [5.74, 6) is 0.463. The van der Waals surface area contributed by atoms with Crippen LogP contribution >= 0.6 is 0 Å². The Kier molecular flexibility index (Phi) is 9.87. The standard InChI is InChI=1S/C20H32N4O4/c1-5-15(7-6-14-27-3)19(25)16-10-12-24(13-11-16)20(26)23(2)17(21)8-9-18(22)28-4/h5-9,16H,10-14,21-22H2,1-4H3/b7-6-,15-5+,17-8+,18-9+. The molecule has 0 saturated carbocycles. The Bertz CT molecular complexity index is 659. The fraction of sp³-hybridized carbons (Fsp3) is 0.500. The summed E-state index contributed by atoms with van der Waals surface area (Å²) in [4.78, 5) is 28.4. The first kappa shape index (κ1) is 23.3. The first-order valence-corrected chi connectivity index (χ1v) is 9.21. The van der Waals surface area contributed by atoms with Gasteiger partial charge in [-0.15, -0.1) is 0 Å². The monoisotopic (exact) mass is 392 g/mol. The molecule has 0 bridgehead atoms. The number of likely N-dealkylation sites (tertiary alicyclic amines) is 1. The van der Waals surface area contributed by atoms with Crippen molar-refractivity contribution in [2.45, 2.75) is 19.8 Å². The molecule has 0 aromatic rings. The second-order valence-corrected chi connectivity index (χ2v) is 6.43. The van der Waals surface area contributed by atoms with Gasteiger partial charge in [0.2, 0.25) is 0 Å². The molecule has 0 aliphatic carbocycles. The van der Waals surface area contributed by atoms with Crippen LogP contribution in [0.15, 0.2) is 47.7 Å². The molecule has 0 aromatic heterocycles. The van der Waals surface area contributed by atoms with Crippen LogP contribution in [-0.4, -0.2) is 62.6 Å². The quantitative estimate of drug-likeness (QED) is 0.370. The third-order valence-corrected chi connectivity index (χ3v) is 4.62. The highest BCUT2D eigenvalue weighted by molar-refractivity contribution is 5.99. The molecule has 0 radical (unpaired) electrons. The molecule has 0 aromatic carbocycles. The van der Waals surface area contributed by atoms with Crippen LogP contribution in [0.25, 0.3) is 0 Å².